The Morgan fingerprint density at radius 3 is 2.50 bits per heavy atom. The van der Waals surface area contributed by atoms with E-state index in [-0.39, 0.29) is 0 Å². The van der Waals surface area contributed by atoms with Crippen LogP contribution in [0.4, 0.5) is 11.4 Å². The second-order valence-electron chi connectivity index (χ2n) is 2.45. The Morgan fingerprint density at radius 1 is 1.50 bits per heavy atom. The molecule has 0 atom stereocenters. The molecule has 0 aliphatic rings. The van der Waals surface area contributed by atoms with E-state index in [0.717, 1.165) is 12.1 Å². The molecule has 0 spiro atoms. The van der Waals surface area contributed by atoms with Gasteiger partial charge in [0.2, 0.25) is 0 Å². The monoisotopic (exact) mass is 198 g/mol. The molecular formula is C7H6N2O5. The van der Waals surface area contributed by atoms with Crippen LogP contribution < -0.4 is 5.73 Å². The van der Waals surface area contributed by atoms with Gasteiger partial charge in [-0.15, -0.1) is 0 Å². The molecule has 0 aromatic heterocycles. The van der Waals surface area contributed by atoms with Crippen LogP contribution in [0.3, 0.4) is 0 Å². The molecule has 74 valence electrons. The highest BCUT2D eigenvalue weighted by Gasteiger charge is 2.24. The first-order valence-corrected chi connectivity index (χ1v) is 3.44. The summed E-state index contributed by atoms with van der Waals surface area (Å²) in [5.74, 6) is -2.04. The number of aromatic hydroxyl groups is 1. The van der Waals surface area contributed by atoms with Gasteiger partial charge in [0.05, 0.1) is 10.6 Å². The highest BCUT2D eigenvalue weighted by atomic mass is 16.6. The van der Waals surface area contributed by atoms with Gasteiger partial charge in [-0.05, 0) is 6.07 Å². The van der Waals surface area contributed by atoms with Crippen molar-refractivity contribution in [1.82, 2.24) is 0 Å². The van der Waals surface area contributed by atoms with Gasteiger partial charge in [0, 0.05) is 6.07 Å². The molecule has 0 unspecified atom stereocenters. The molecule has 0 saturated carbocycles. The number of hydrogen-bond acceptors (Lipinski definition) is 5. The number of phenolic OH excluding ortho intramolecular Hbond substituents is 1. The summed E-state index contributed by atoms with van der Waals surface area (Å²) < 4.78 is 0. The number of nitrogens with two attached hydrogens (primary N) is 1. The fourth-order valence-electron chi connectivity index (χ4n) is 0.974. The standard InChI is InChI=1S/C7H6N2O5/c8-6-4(10)2-1-3(9(13)14)5(6)7(11)12/h1-2,10H,8H2,(H,11,12). The highest BCUT2D eigenvalue weighted by Crippen LogP contribution is 2.31. The maximum Gasteiger partial charge on any atom is 0.345 e. The number of nitro benzene ring substituents is 1. The van der Waals surface area contributed by atoms with Gasteiger partial charge in [-0.1, -0.05) is 0 Å². The molecule has 0 heterocycles. The summed E-state index contributed by atoms with van der Waals surface area (Å²) in [5.41, 5.74) is 3.33. The van der Waals surface area contributed by atoms with Gasteiger partial charge in [0.1, 0.15) is 5.75 Å². The number of nitro groups is 1. The number of carboxylic acids is 1. The van der Waals surface area contributed by atoms with Crippen molar-refractivity contribution in [3.05, 3.63) is 27.8 Å². The number of carbonyl (C=O) groups is 1. The van der Waals surface area contributed by atoms with E-state index in [0.29, 0.717) is 0 Å². The highest BCUT2D eigenvalue weighted by molar-refractivity contribution is 5.99. The minimum absolute atomic E-state index is 0.493. The van der Waals surface area contributed by atoms with Crippen molar-refractivity contribution in [1.29, 1.82) is 0 Å². The lowest BCUT2D eigenvalue weighted by molar-refractivity contribution is -0.385. The van der Waals surface area contributed by atoms with Crippen LogP contribution in [0.5, 0.6) is 5.75 Å². The largest absolute Gasteiger partial charge is 0.506 e. The van der Waals surface area contributed by atoms with Crippen LogP contribution in [-0.4, -0.2) is 21.1 Å². The Kier molecular flexibility index (Phi) is 2.24. The van der Waals surface area contributed by atoms with Gasteiger partial charge < -0.3 is 15.9 Å². The van der Waals surface area contributed by atoms with Crippen LogP contribution >= 0.6 is 0 Å². The summed E-state index contributed by atoms with van der Waals surface area (Å²) in [4.78, 5) is 20.1. The molecule has 1 aromatic rings. The molecule has 1 aromatic carbocycles. The lowest BCUT2D eigenvalue weighted by Gasteiger charge is -2.03. The van der Waals surface area contributed by atoms with Crippen molar-refractivity contribution < 1.29 is 19.9 Å². The lowest BCUT2D eigenvalue weighted by Crippen LogP contribution is -2.06. The van der Waals surface area contributed by atoms with Crippen LogP contribution in [0.2, 0.25) is 0 Å². The van der Waals surface area contributed by atoms with E-state index in [9.17, 15) is 14.9 Å². The Balaban J connectivity index is 3.53. The summed E-state index contributed by atoms with van der Waals surface area (Å²) in [6.45, 7) is 0. The molecule has 0 aliphatic carbocycles. The number of benzene rings is 1. The van der Waals surface area contributed by atoms with Gasteiger partial charge in [0.25, 0.3) is 5.69 Å². The third-order valence-corrected chi connectivity index (χ3v) is 1.61. The molecule has 0 radical (unpaired) electrons. The normalized spacial score (nSPS) is 9.71. The maximum atomic E-state index is 10.6. The van der Waals surface area contributed by atoms with Crippen molar-refractivity contribution in [2.45, 2.75) is 0 Å². The molecule has 0 saturated heterocycles. The molecule has 4 N–H and O–H groups in total. The van der Waals surface area contributed by atoms with Crippen LogP contribution in [0.25, 0.3) is 0 Å². The van der Waals surface area contributed by atoms with Crippen LogP contribution in [0, 0.1) is 10.1 Å². The Bertz CT molecular complexity index is 415. The fraction of sp³-hybridized carbons (Fsp3) is 0. The zero-order valence-corrected chi connectivity index (χ0v) is 6.80. The van der Waals surface area contributed by atoms with E-state index < -0.39 is 33.6 Å². The zero-order chi connectivity index (χ0) is 10.9. The van der Waals surface area contributed by atoms with E-state index >= 15 is 0 Å². The van der Waals surface area contributed by atoms with Crippen molar-refractivity contribution in [3.63, 3.8) is 0 Å². The number of anilines is 1. The second kappa shape index (κ2) is 3.21. The third-order valence-electron chi connectivity index (χ3n) is 1.61. The summed E-state index contributed by atoms with van der Waals surface area (Å²) >= 11 is 0. The molecule has 7 heteroatoms. The number of carboxylic acid groups (broad SMARTS) is 1. The summed E-state index contributed by atoms with van der Waals surface area (Å²) in [6.07, 6.45) is 0. The van der Waals surface area contributed by atoms with E-state index in [1.54, 1.807) is 0 Å². The molecule has 0 bridgehead atoms. The fourth-order valence-corrected chi connectivity index (χ4v) is 0.974. The second-order valence-corrected chi connectivity index (χ2v) is 2.45. The quantitative estimate of drug-likeness (QED) is 0.276. The van der Waals surface area contributed by atoms with Crippen LogP contribution in [0.15, 0.2) is 12.1 Å². The SMILES string of the molecule is Nc1c(O)ccc([N+](=O)[O-])c1C(=O)O. The molecule has 14 heavy (non-hydrogen) atoms. The predicted molar refractivity (Wildman–Crippen MR) is 46.1 cm³/mol. The third kappa shape index (κ3) is 1.42. The Labute approximate surface area is 77.5 Å². The average molecular weight is 198 g/mol. The number of phenols is 1. The lowest BCUT2D eigenvalue weighted by atomic mass is 10.1. The summed E-state index contributed by atoms with van der Waals surface area (Å²) in [7, 11) is 0. The predicted octanol–water partition coefficient (Wildman–Crippen LogP) is 0.581. The van der Waals surface area contributed by atoms with Crippen molar-refractivity contribution in [3.8, 4) is 5.75 Å². The smallest absolute Gasteiger partial charge is 0.345 e. The molecule has 0 fully saturated rings. The first kappa shape index (κ1) is 9.78. The van der Waals surface area contributed by atoms with E-state index in [2.05, 4.69) is 0 Å². The van der Waals surface area contributed by atoms with Gasteiger partial charge in [-0.25, -0.2) is 4.79 Å². The minimum Gasteiger partial charge on any atom is -0.506 e. The number of rotatable bonds is 2. The van der Waals surface area contributed by atoms with Crippen molar-refractivity contribution in [2.24, 2.45) is 0 Å². The summed E-state index contributed by atoms with van der Waals surface area (Å²) in [6, 6.07) is 1.86. The Hall–Kier alpha value is -2.31. The topological polar surface area (TPSA) is 127 Å². The van der Waals surface area contributed by atoms with Crippen molar-refractivity contribution >= 4 is 17.3 Å². The maximum absolute atomic E-state index is 10.6. The molecule has 0 aliphatic heterocycles. The van der Waals surface area contributed by atoms with Crippen LogP contribution in [0.1, 0.15) is 10.4 Å². The van der Waals surface area contributed by atoms with E-state index in [4.69, 9.17) is 15.9 Å². The van der Waals surface area contributed by atoms with E-state index in [1.165, 1.54) is 0 Å². The first-order valence-electron chi connectivity index (χ1n) is 3.44. The van der Waals surface area contributed by atoms with Gasteiger partial charge >= 0.3 is 5.97 Å². The molecule has 7 nitrogen and oxygen atoms in total. The molecule has 0 amide bonds. The number of nitrogen functional groups attached to an aromatic ring is 1. The van der Waals surface area contributed by atoms with Crippen LogP contribution in [-0.2, 0) is 0 Å². The van der Waals surface area contributed by atoms with Gasteiger partial charge in [-0.2, -0.15) is 0 Å². The van der Waals surface area contributed by atoms with E-state index in [1.807, 2.05) is 0 Å². The number of hydrogen-bond donors (Lipinski definition) is 3. The number of aromatic carboxylic acids is 1. The van der Waals surface area contributed by atoms with Crippen molar-refractivity contribution in [2.75, 3.05) is 5.73 Å². The molecular weight excluding hydrogens is 192 g/mol. The zero-order valence-electron chi connectivity index (χ0n) is 6.80. The minimum atomic E-state index is -1.55. The molecule has 1 rings (SSSR count). The number of nitrogens with zero attached hydrogens (tertiary/aromatic N) is 1. The average Bonchev–Trinajstić information content (AvgIpc) is 2.08. The van der Waals surface area contributed by atoms with Gasteiger partial charge in [-0.3, -0.25) is 10.1 Å². The Morgan fingerprint density at radius 2 is 2.07 bits per heavy atom. The first-order chi connectivity index (χ1) is 6.45. The van der Waals surface area contributed by atoms with Gasteiger partial charge in [0.15, 0.2) is 5.56 Å². The summed E-state index contributed by atoms with van der Waals surface area (Å²) in [5, 5.41) is 28.1.